The Morgan fingerprint density at radius 2 is 1.93 bits per heavy atom. The van der Waals surface area contributed by atoms with Crippen molar-refractivity contribution in [3.8, 4) is 11.5 Å². The lowest BCUT2D eigenvalue weighted by Crippen LogP contribution is -2.22. The van der Waals surface area contributed by atoms with Crippen molar-refractivity contribution in [1.82, 2.24) is 4.57 Å². The van der Waals surface area contributed by atoms with Crippen molar-refractivity contribution in [3.63, 3.8) is 0 Å². The molecule has 0 fully saturated rings. The normalized spacial score (nSPS) is 13.2. The van der Waals surface area contributed by atoms with Crippen LogP contribution < -0.4 is 14.3 Å². The monoisotopic (exact) mass is 404 g/mol. The van der Waals surface area contributed by atoms with Crippen LogP contribution in [0, 0.1) is 0 Å². The van der Waals surface area contributed by atoms with Crippen LogP contribution in [-0.2, 0) is 16.1 Å². The van der Waals surface area contributed by atoms with Gasteiger partial charge in [0.15, 0.2) is 16.3 Å². The smallest absolute Gasteiger partial charge is 0.325 e. The number of benzene rings is 2. The highest BCUT2D eigenvalue weighted by Crippen LogP contribution is 2.37. The predicted octanol–water partition coefficient (Wildman–Crippen LogP) is 3.00. The summed E-state index contributed by atoms with van der Waals surface area (Å²) in [6.07, 6.45) is 0. The third-order valence-corrected chi connectivity index (χ3v) is 5.27. The molecule has 0 unspecified atom stereocenters. The number of fused-ring (bicyclic) bond motifs is 2. The topological polar surface area (TPSA) is 79.1 Å². The SMILES string of the molecule is COC(=O)Cn1c(=NC(=O)c2ccc(Cl)cc2)sc2cc3c(cc21)OCO3. The zero-order chi connectivity index (χ0) is 19.0. The highest BCUT2D eigenvalue weighted by Gasteiger charge is 2.19. The summed E-state index contributed by atoms with van der Waals surface area (Å²) in [7, 11) is 1.31. The first-order chi connectivity index (χ1) is 13.0. The van der Waals surface area contributed by atoms with Gasteiger partial charge in [-0.3, -0.25) is 9.59 Å². The molecule has 0 saturated carbocycles. The molecule has 1 aliphatic rings. The van der Waals surface area contributed by atoms with Gasteiger partial charge in [0.05, 0.1) is 17.3 Å². The largest absolute Gasteiger partial charge is 0.468 e. The average molecular weight is 405 g/mol. The van der Waals surface area contributed by atoms with Crippen LogP contribution in [-0.4, -0.2) is 30.3 Å². The molecule has 0 saturated heterocycles. The van der Waals surface area contributed by atoms with Gasteiger partial charge in [-0.25, -0.2) is 0 Å². The predicted molar refractivity (Wildman–Crippen MR) is 99.3 cm³/mol. The van der Waals surface area contributed by atoms with Gasteiger partial charge in [0.1, 0.15) is 6.54 Å². The van der Waals surface area contributed by atoms with Gasteiger partial charge in [-0.15, -0.1) is 0 Å². The van der Waals surface area contributed by atoms with Crippen molar-refractivity contribution in [2.75, 3.05) is 13.9 Å². The minimum atomic E-state index is -0.451. The van der Waals surface area contributed by atoms with Gasteiger partial charge < -0.3 is 18.8 Å². The van der Waals surface area contributed by atoms with Gasteiger partial charge >= 0.3 is 5.97 Å². The number of thiazole rings is 1. The molecular weight excluding hydrogens is 392 g/mol. The maximum absolute atomic E-state index is 12.5. The number of carbonyl (C=O) groups excluding carboxylic acids is 2. The molecule has 138 valence electrons. The number of esters is 1. The summed E-state index contributed by atoms with van der Waals surface area (Å²) >= 11 is 7.13. The molecule has 1 aliphatic heterocycles. The Hall–Kier alpha value is -2.84. The number of carbonyl (C=O) groups is 2. The summed E-state index contributed by atoms with van der Waals surface area (Å²) in [5.74, 6) is 0.309. The second-order valence-corrected chi connectivity index (χ2v) is 7.09. The van der Waals surface area contributed by atoms with E-state index in [1.807, 2.05) is 6.07 Å². The van der Waals surface area contributed by atoms with Crippen LogP contribution >= 0.6 is 22.9 Å². The van der Waals surface area contributed by atoms with Crippen molar-refractivity contribution in [2.24, 2.45) is 4.99 Å². The number of nitrogens with zero attached hydrogens (tertiary/aromatic N) is 2. The molecular formula is C18H13ClN2O5S. The highest BCUT2D eigenvalue weighted by atomic mass is 35.5. The molecule has 2 aromatic carbocycles. The van der Waals surface area contributed by atoms with Crippen LogP contribution in [0.1, 0.15) is 10.4 Å². The second-order valence-electron chi connectivity index (χ2n) is 5.64. The summed E-state index contributed by atoms with van der Waals surface area (Å²) in [5, 5.41) is 0.531. The molecule has 0 atom stereocenters. The molecule has 9 heteroatoms. The van der Waals surface area contributed by atoms with Crippen LogP contribution in [0.4, 0.5) is 0 Å². The molecule has 1 aromatic heterocycles. The molecule has 4 rings (SSSR count). The summed E-state index contributed by atoms with van der Waals surface area (Å²) in [6, 6.07) is 10.0. The minimum absolute atomic E-state index is 0.0805. The lowest BCUT2D eigenvalue weighted by Gasteiger charge is -2.04. The quantitative estimate of drug-likeness (QED) is 0.627. The van der Waals surface area contributed by atoms with Gasteiger partial charge in [0, 0.05) is 22.7 Å². The summed E-state index contributed by atoms with van der Waals surface area (Å²) in [6.45, 7) is 0.0682. The first-order valence-electron chi connectivity index (χ1n) is 7.89. The first kappa shape index (κ1) is 17.6. The van der Waals surface area contributed by atoms with E-state index in [2.05, 4.69) is 4.99 Å². The summed E-state index contributed by atoms with van der Waals surface area (Å²) in [5.41, 5.74) is 1.10. The maximum atomic E-state index is 12.5. The number of ether oxygens (including phenoxy) is 3. The molecule has 3 aromatic rings. The lowest BCUT2D eigenvalue weighted by atomic mass is 10.2. The van der Waals surface area contributed by atoms with E-state index in [0.29, 0.717) is 32.4 Å². The lowest BCUT2D eigenvalue weighted by molar-refractivity contribution is -0.141. The van der Waals surface area contributed by atoms with Gasteiger partial charge in [-0.05, 0) is 24.3 Å². The van der Waals surface area contributed by atoms with Gasteiger partial charge in [-0.1, -0.05) is 22.9 Å². The molecule has 27 heavy (non-hydrogen) atoms. The molecule has 0 N–H and O–H groups in total. The third-order valence-electron chi connectivity index (χ3n) is 3.98. The third kappa shape index (κ3) is 3.41. The van der Waals surface area contributed by atoms with Gasteiger partial charge in [0.25, 0.3) is 5.91 Å². The minimum Gasteiger partial charge on any atom is -0.468 e. The van der Waals surface area contributed by atoms with Crippen LogP contribution in [0.5, 0.6) is 11.5 Å². The van der Waals surface area contributed by atoms with E-state index in [1.165, 1.54) is 18.4 Å². The molecule has 7 nitrogen and oxygen atoms in total. The van der Waals surface area contributed by atoms with Crippen molar-refractivity contribution in [2.45, 2.75) is 6.54 Å². The number of halogens is 1. The molecule has 0 aliphatic carbocycles. The fourth-order valence-corrected chi connectivity index (χ4v) is 3.80. The van der Waals surface area contributed by atoms with Crippen LogP contribution in [0.2, 0.25) is 5.02 Å². The molecule has 2 heterocycles. The number of hydrogen-bond donors (Lipinski definition) is 0. The number of rotatable bonds is 3. The standard InChI is InChI=1S/C18H13ClN2O5S/c1-24-16(22)8-21-12-6-13-14(26-9-25-13)7-15(12)27-18(21)20-17(23)10-2-4-11(19)5-3-10/h2-7H,8-9H2,1H3. The summed E-state index contributed by atoms with van der Waals surface area (Å²) < 4.78 is 18.0. The fraction of sp³-hybridized carbons (Fsp3) is 0.167. The fourth-order valence-electron chi connectivity index (χ4n) is 2.64. The number of methoxy groups -OCH3 is 1. The van der Waals surface area contributed by atoms with Crippen molar-refractivity contribution in [1.29, 1.82) is 0 Å². The average Bonchev–Trinajstić information content (AvgIpc) is 3.24. The molecule has 0 spiro atoms. The number of aromatic nitrogens is 1. The summed E-state index contributed by atoms with van der Waals surface area (Å²) in [4.78, 5) is 29.0. The zero-order valence-electron chi connectivity index (χ0n) is 14.1. The first-order valence-corrected chi connectivity index (χ1v) is 9.09. The van der Waals surface area contributed by atoms with Crippen LogP contribution in [0.3, 0.4) is 0 Å². The van der Waals surface area contributed by atoms with Gasteiger partial charge in [0.2, 0.25) is 6.79 Å². The Labute approximate surface area is 162 Å². The Bertz CT molecular complexity index is 1120. The second kappa shape index (κ2) is 7.05. The van der Waals surface area contributed by atoms with E-state index in [9.17, 15) is 9.59 Å². The zero-order valence-corrected chi connectivity index (χ0v) is 15.7. The number of amides is 1. The van der Waals surface area contributed by atoms with Crippen LogP contribution in [0.15, 0.2) is 41.4 Å². The Balaban J connectivity index is 1.85. The van der Waals surface area contributed by atoms with Crippen molar-refractivity contribution in [3.05, 3.63) is 51.8 Å². The maximum Gasteiger partial charge on any atom is 0.325 e. The van der Waals surface area contributed by atoms with E-state index in [0.717, 1.165) is 4.70 Å². The molecule has 0 radical (unpaired) electrons. The molecule has 1 amide bonds. The van der Waals surface area contributed by atoms with E-state index in [4.69, 9.17) is 25.8 Å². The van der Waals surface area contributed by atoms with Crippen molar-refractivity contribution < 1.29 is 23.8 Å². The van der Waals surface area contributed by atoms with E-state index in [1.54, 1.807) is 34.9 Å². The highest BCUT2D eigenvalue weighted by molar-refractivity contribution is 7.16. The Morgan fingerprint density at radius 1 is 1.22 bits per heavy atom. The van der Waals surface area contributed by atoms with Crippen LogP contribution in [0.25, 0.3) is 10.2 Å². The van der Waals surface area contributed by atoms with Gasteiger partial charge in [-0.2, -0.15) is 4.99 Å². The van der Waals surface area contributed by atoms with E-state index >= 15 is 0 Å². The van der Waals surface area contributed by atoms with E-state index in [-0.39, 0.29) is 13.3 Å². The number of hydrogen-bond acceptors (Lipinski definition) is 6. The Kier molecular flexibility index (Phi) is 4.59. The van der Waals surface area contributed by atoms with Crippen molar-refractivity contribution >= 4 is 45.0 Å². The van der Waals surface area contributed by atoms with E-state index < -0.39 is 11.9 Å². The molecule has 0 bridgehead atoms. The Morgan fingerprint density at radius 3 is 2.63 bits per heavy atom.